The molecule has 1 aromatic heterocycles. The monoisotopic (exact) mass is 373 g/mol. The van der Waals surface area contributed by atoms with Crippen LogP contribution in [-0.4, -0.2) is 15.5 Å². The summed E-state index contributed by atoms with van der Waals surface area (Å²) >= 11 is 0. The second kappa shape index (κ2) is 11.4. The van der Waals surface area contributed by atoms with Gasteiger partial charge in [-0.25, -0.2) is 9.97 Å². The predicted octanol–water partition coefficient (Wildman–Crippen LogP) is 7.00. The van der Waals surface area contributed by atoms with Crippen LogP contribution in [0, 0.1) is 0 Å². The van der Waals surface area contributed by atoms with Crippen LogP contribution < -0.4 is 5.32 Å². The predicted molar refractivity (Wildman–Crippen MR) is 101 cm³/mol. The first-order chi connectivity index (χ1) is 12.3. The first-order valence-electron chi connectivity index (χ1n) is 9.98. The van der Waals surface area contributed by atoms with Crippen LogP contribution in [0.3, 0.4) is 0 Å². The van der Waals surface area contributed by atoms with Crippen LogP contribution in [0.4, 0.5) is 19.0 Å². The number of nitrogens with one attached hydrogen (secondary N) is 1. The van der Waals surface area contributed by atoms with E-state index in [4.69, 9.17) is 0 Å². The van der Waals surface area contributed by atoms with Gasteiger partial charge in [-0.1, -0.05) is 71.6 Å². The van der Waals surface area contributed by atoms with Crippen LogP contribution in [0.5, 0.6) is 0 Å². The van der Waals surface area contributed by atoms with Gasteiger partial charge in [0.2, 0.25) is 0 Å². The SMILES string of the molecule is CCCCCCCC(C)(CCCCCC)Nc1cc(C(F)(F)F)ncn1. The fraction of sp³-hybridized carbons (Fsp3) is 0.800. The molecule has 1 atom stereocenters. The molecule has 26 heavy (non-hydrogen) atoms. The smallest absolute Gasteiger partial charge is 0.365 e. The Labute approximate surface area is 156 Å². The lowest BCUT2D eigenvalue weighted by molar-refractivity contribution is -0.141. The Balaban J connectivity index is 2.73. The molecule has 1 heterocycles. The first kappa shape index (κ1) is 22.7. The van der Waals surface area contributed by atoms with Crippen LogP contribution >= 0.6 is 0 Å². The summed E-state index contributed by atoms with van der Waals surface area (Å²) in [5.41, 5.74) is -1.14. The standard InChI is InChI=1S/C20H34F3N3/c1-4-6-8-10-12-14-19(3,13-11-9-7-5-2)26-18-15-17(20(21,22)23)24-16-25-18/h15-16H,4-14H2,1-3H3,(H,24,25,26). The molecule has 0 spiro atoms. The Morgan fingerprint density at radius 2 is 1.38 bits per heavy atom. The molecule has 0 saturated heterocycles. The van der Waals surface area contributed by atoms with E-state index in [0.717, 1.165) is 50.9 Å². The van der Waals surface area contributed by atoms with E-state index in [0.29, 0.717) is 0 Å². The third-order valence-electron chi connectivity index (χ3n) is 4.80. The highest BCUT2D eigenvalue weighted by molar-refractivity contribution is 5.38. The second-order valence-corrected chi connectivity index (χ2v) is 7.45. The van der Waals surface area contributed by atoms with Gasteiger partial charge < -0.3 is 5.32 Å². The van der Waals surface area contributed by atoms with Crippen molar-refractivity contribution in [1.82, 2.24) is 9.97 Å². The number of halogens is 3. The van der Waals surface area contributed by atoms with Gasteiger partial charge in [0, 0.05) is 11.6 Å². The number of hydrogen-bond acceptors (Lipinski definition) is 3. The van der Waals surface area contributed by atoms with Crippen molar-refractivity contribution in [2.45, 2.75) is 103 Å². The van der Waals surface area contributed by atoms with E-state index in [1.54, 1.807) is 0 Å². The van der Waals surface area contributed by atoms with Gasteiger partial charge >= 0.3 is 6.18 Å². The zero-order chi connectivity index (χ0) is 19.5. The van der Waals surface area contributed by atoms with Crippen molar-refractivity contribution in [1.29, 1.82) is 0 Å². The van der Waals surface area contributed by atoms with Gasteiger partial charge in [0.25, 0.3) is 0 Å². The Kier molecular flexibility index (Phi) is 9.96. The summed E-state index contributed by atoms with van der Waals surface area (Å²) in [4.78, 5) is 7.36. The summed E-state index contributed by atoms with van der Waals surface area (Å²) in [6.45, 7) is 6.46. The highest BCUT2D eigenvalue weighted by Gasteiger charge is 2.33. The third kappa shape index (κ3) is 8.86. The Bertz CT molecular complexity index is 505. The molecular formula is C20H34F3N3. The highest BCUT2D eigenvalue weighted by atomic mass is 19.4. The summed E-state index contributed by atoms with van der Waals surface area (Å²) in [6, 6.07) is 1.02. The number of anilines is 1. The van der Waals surface area contributed by atoms with E-state index in [1.807, 2.05) is 0 Å². The van der Waals surface area contributed by atoms with Crippen LogP contribution in [0.25, 0.3) is 0 Å². The molecule has 0 bridgehead atoms. The number of hydrogen-bond donors (Lipinski definition) is 1. The van der Waals surface area contributed by atoms with Crippen molar-refractivity contribution >= 4 is 5.82 Å². The highest BCUT2D eigenvalue weighted by Crippen LogP contribution is 2.31. The molecule has 0 radical (unpaired) electrons. The van der Waals surface area contributed by atoms with Crippen LogP contribution in [0.1, 0.15) is 97.1 Å². The van der Waals surface area contributed by atoms with Crippen molar-refractivity contribution < 1.29 is 13.2 Å². The number of aromatic nitrogens is 2. The molecule has 0 aliphatic rings. The average Bonchev–Trinajstić information content (AvgIpc) is 2.58. The Morgan fingerprint density at radius 1 is 0.846 bits per heavy atom. The molecule has 0 aliphatic carbocycles. The number of rotatable bonds is 13. The third-order valence-corrected chi connectivity index (χ3v) is 4.80. The maximum absolute atomic E-state index is 12.9. The van der Waals surface area contributed by atoms with Crippen LogP contribution in [-0.2, 0) is 6.18 Å². The molecule has 0 aliphatic heterocycles. The van der Waals surface area contributed by atoms with Gasteiger partial charge in [-0.05, 0) is 19.8 Å². The largest absolute Gasteiger partial charge is 0.433 e. The van der Waals surface area contributed by atoms with Gasteiger partial charge in [0.1, 0.15) is 17.8 Å². The molecule has 0 amide bonds. The van der Waals surface area contributed by atoms with E-state index in [1.165, 1.54) is 32.1 Å². The molecule has 0 fully saturated rings. The average molecular weight is 374 g/mol. The van der Waals surface area contributed by atoms with Crippen molar-refractivity contribution in [2.24, 2.45) is 0 Å². The molecule has 150 valence electrons. The van der Waals surface area contributed by atoms with Gasteiger partial charge in [-0.15, -0.1) is 0 Å². The molecule has 1 unspecified atom stereocenters. The van der Waals surface area contributed by atoms with Crippen molar-refractivity contribution in [3.63, 3.8) is 0 Å². The van der Waals surface area contributed by atoms with Gasteiger partial charge in [-0.3, -0.25) is 0 Å². The maximum Gasteiger partial charge on any atom is 0.433 e. The molecular weight excluding hydrogens is 339 g/mol. The minimum Gasteiger partial charge on any atom is -0.365 e. The fourth-order valence-electron chi connectivity index (χ4n) is 3.20. The quantitative estimate of drug-likeness (QED) is 0.378. The molecule has 0 saturated carbocycles. The maximum atomic E-state index is 12.9. The Hall–Kier alpha value is -1.33. The summed E-state index contributed by atoms with van der Waals surface area (Å²) in [7, 11) is 0. The lowest BCUT2D eigenvalue weighted by Gasteiger charge is -2.32. The van der Waals surface area contributed by atoms with E-state index < -0.39 is 11.9 Å². The van der Waals surface area contributed by atoms with E-state index in [9.17, 15) is 13.2 Å². The molecule has 3 nitrogen and oxygen atoms in total. The summed E-state index contributed by atoms with van der Waals surface area (Å²) in [6.07, 6.45) is 8.90. The normalized spacial score (nSPS) is 14.2. The Morgan fingerprint density at radius 3 is 1.92 bits per heavy atom. The van der Waals surface area contributed by atoms with Crippen molar-refractivity contribution in [3.8, 4) is 0 Å². The molecule has 1 aromatic rings. The van der Waals surface area contributed by atoms with Gasteiger partial charge in [-0.2, -0.15) is 13.2 Å². The molecule has 1 rings (SSSR count). The van der Waals surface area contributed by atoms with Crippen molar-refractivity contribution in [2.75, 3.05) is 5.32 Å². The summed E-state index contributed by atoms with van der Waals surface area (Å²) in [5, 5.41) is 3.28. The summed E-state index contributed by atoms with van der Waals surface area (Å²) < 4.78 is 38.7. The number of alkyl halides is 3. The van der Waals surface area contributed by atoms with Gasteiger partial charge in [0.15, 0.2) is 0 Å². The van der Waals surface area contributed by atoms with E-state index in [-0.39, 0.29) is 11.4 Å². The van der Waals surface area contributed by atoms with E-state index >= 15 is 0 Å². The molecule has 1 N–H and O–H groups in total. The van der Waals surface area contributed by atoms with E-state index in [2.05, 4.69) is 36.1 Å². The minimum absolute atomic E-state index is 0.239. The zero-order valence-electron chi connectivity index (χ0n) is 16.5. The first-order valence-corrected chi connectivity index (χ1v) is 9.98. The molecule has 6 heteroatoms. The minimum atomic E-state index is -4.45. The molecule has 0 aromatic carbocycles. The second-order valence-electron chi connectivity index (χ2n) is 7.45. The number of unbranched alkanes of at least 4 members (excludes halogenated alkanes) is 7. The lowest BCUT2D eigenvalue weighted by atomic mass is 9.88. The fourth-order valence-corrected chi connectivity index (χ4v) is 3.20. The zero-order valence-corrected chi connectivity index (χ0v) is 16.5. The summed E-state index contributed by atoms with van der Waals surface area (Å²) in [5.74, 6) is 0.263. The van der Waals surface area contributed by atoms with Crippen molar-refractivity contribution in [3.05, 3.63) is 18.1 Å². The van der Waals surface area contributed by atoms with Gasteiger partial charge in [0.05, 0.1) is 0 Å². The van der Waals surface area contributed by atoms with Crippen LogP contribution in [0.15, 0.2) is 12.4 Å². The van der Waals surface area contributed by atoms with Crippen LogP contribution in [0.2, 0.25) is 0 Å². The lowest BCUT2D eigenvalue weighted by Crippen LogP contribution is -2.35. The topological polar surface area (TPSA) is 37.8 Å². The number of nitrogens with zero attached hydrogens (tertiary/aromatic N) is 2.